The maximum Gasteiger partial charge on any atom is 0.573 e. The van der Waals surface area contributed by atoms with Crippen LogP contribution in [0.2, 0.25) is 0 Å². The Kier molecular flexibility index (Phi) is 7.87. The number of carbonyl (C=O) groups is 2. The number of carboxylic acids is 1. The Bertz CT molecular complexity index is 1250. The number of hydrogen-bond donors (Lipinski definition) is 2. The van der Waals surface area contributed by atoms with E-state index in [0.29, 0.717) is 60.2 Å². The van der Waals surface area contributed by atoms with Crippen LogP contribution in [0.4, 0.5) is 23.7 Å². The highest BCUT2D eigenvalue weighted by atomic mass is 19.4. The summed E-state index contributed by atoms with van der Waals surface area (Å²) in [4.78, 5) is 26.0. The van der Waals surface area contributed by atoms with Crippen LogP contribution in [0.3, 0.4) is 0 Å². The second kappa shape index (κ2) is 11.1. The Balaban J connectivity index is 1.24. The van der Waals surface area contributed by atoms with E-state index in [1.807, 2.05) is 12.1 Å². The lowest BCUT2D eigenvalue weighted by Crippen LogP contribution is -2.50. The molecule has 41 heavy (non-hydrogen) atoms. The maximum absolute atomic E-state index is 13.5. The summed E-state index contributed by atoms with van der Waals surface area (Å²) >= 11 is 0. The Morgan fingerprint density at radius 1 is 1.05 bits per heavy atom. The van der Waals surface area contributed by atoms with E-state index in [1.165, 1.54) is 37.1 Å². The number of benzene rings is 2. The fraction of sp³-hybridized carbons (Fsp3) is 0.548. The third kappa shape index (κ3) is 6.57. The molecule has 7 nitrogen and oxygen atoms in total. The summed E-state index contributed by atoms with van der Waals surface area (Å²) in [6, 6.07) is 12.2. The summed E-state index contributed by atoms with van der Waals surface area (Å²) in [7, 11) is 0. The average Bonchev–Trinajstić information content (AvgIpc) is 3.59. The van der Waals surface area contributed by atoms with Crippen molar-refractivity contribution in [1.29, 1.82) is 0 Å². The maximum atomic E-state index is 13.5. The number of nitrogens with one attached hydrogen (secondary N) is 1. The number of halogens is 3. The lowest BCUT2D eigenvalue weighted by atomic mass is 9.49. The fourth-order valence-electron chi connectivity index (χ4n) is 7.47. The van der Waals surface area contributed by atoms with Crippen molar-refractivity contribution in [3.8, 4) is 11.5 Å². The first kappa shape index (κ1) is 29.1. The lowest BCUT2D eigenvalue weighted by molar-refractivity contribution is -0.274. The number of hydrogen-bond acceptors (Lipinski definition) is 4. The Labute approximate surface area is 238 Å². The van der Waals surface area contributed by atoms with Gasteiger partial charge >= 0.3 is 18.4 Å². The number of alkyl halides is 3. The standard InChI is InChI=1S/C31H37F3N2O5/c1-29(2)25-16-21(13-14-30(25)17-26(29)30)19-36(18-20-5-9-23(10-6-20)40-15-3-4-27(37)38)28(39)35-22-7-11-24(12-8-22)41-31(32,33)34/h5-12,21,25-26H,3-4,13-19H2,1-2H3,(H,35,39)(H,37,38)/t21-,25?,26?,30?/m0/s1. The van der Waals surface area contributed by atoms with Crippen molar-refractivity contribution < 1.29 is 37.3 Å². The third-order valence-corrected chi connectivity index (χ3v) is 9.40. The molecule has 2 N–H and O–H groups in total. The van der Waals surface area contributed by atoms with Crippen LogP contribution in [0, 0.1) is 28.6 Å². The summed E-state index contributed by atoms with van der Waals surface area (Å²) in [5.41, 5.74) is 2.17. The van der Waals surface area contributed by atoms with Gasteiger partial charge in [-0.3, -0.25) is 4.79 Å². The summed E-state index contributed by atoms with van der Waals surface area (Å²) in [5, 5.41) is 11.6. The first-order valence-electron chi connectivity index (χ1n) is 14.2. The summed E-state index contributed by atoms with van der Waals surface area (Å²) in [5.74, 6) is 1.31. The first-order chi connectivity index (χ1) is 19.4. The van der Waals surface area contributed by atoms with Crippen LogP contribution in [0.15, 0.2) is 48.5 Å². The van der Waals surface area contributed by atoms with Gasteiger partial charge in [0.2, 0.25) is 0 Å². The van der Waals surface area contributed by atoms with Gasteiger partial charge in [0.15, 0.2) is 0 Å². The van der Waals surface area contributed by atoms with E-state index < -0.39 is 12.3 Å². The average molecular weight is 575 g/mol. The van der Waals surface area contributed by atoms with Gasteiger partial charge in [-0.25, -0.2) is 4.79 Å². The highest BCUT2D eigenvalue weighted by molar-refractivity contribution is 5.89. The molecular formula is C31H37F3N2O5. The number of carboxylic acid groups (broad SMARTS) is 1. The summed E-state index contributed by atoms with van der Waals surface area (Å²) in [6.07, 6.45) is 0.394. The first-order valence-corrected chi connectivity index (χ1v) is 14.2. The van der Waals surface area contributed by atoms with Gasteiger partial charge in [0.1, 0.15) is 11.5 Å². The van der Waals surface area contributed by atoms with Crippen LogP contribution in [0.25, 0.3) is 0 Å². The molecule has 3 saturated carbocycles. The van der Waals surface area contributed by atoms with E-state index in [4.69, 9.17) is 9.84 Å². The van der Waals surface area contributed by atoms with E-state index >= 15 is 0 Å². The Hall–Kier alpha value is -3.43. The van der Waals surface area contributed by atoms with E-state index in [2.05, 4.69) is 23.9 Å². The van der Waals surface area contributed by atoms with Gasteiger partial charge in [0.05, 0.1) is 6.61 Å². The quantitative estimate of drug-likeness (QED) is 0.275. The molecule has 3 aliphatic carbocycles. The number of amides is 2. The molecule has 0 heterocycles. The largest absolute Gasteiger partial charge is 0.573 e. The molecule has 2 aromatic rings. The van der Waals surface area contributed by atoms with E-state index in [0.717, 1.165) is 24.3 Å². The number of nitrogens with zero attached hydrogens (tertiary/aromatic N) is 1. The zero-order valence-electron chi connectivity index (χ0n) is 23.4. The normalized spacial score (nSPS) is 25.6. The van der Waals surface area contributed by atoms with Crippen molar-refractivity contribution in [3.63, 3.8) is 0 Å². The zero-order valence-corrected chi connectivity index (χ0v) is 23.4. The molecule has 0 radical (unpaired) electrons. The third-order valence-electron chi connectivity index (χ3n) is 9.40. The van der Waals surface area contributed by atoms with Crippen LogP contribution in [-0.4, -0.2) is 41.5 Å². The number of rotatable bonds is 11. The SMILES string of the molecule is CC1(C)C2C[C@@H](CN(Cc3ccc(OCCCC(=O)O)cc3)C(=O)Nc3ccc(OC(F)(F)F)cc3)CCC23CC13. The minimum Gasteiger partial charge on any atom is -0.494 e. The second-order valence-corrected chi connectivity index (χ2v) is 12.4. The molecule has 2 aromatic carbocycles. The number of ether oxygens (including phenoxy) is 2. The van der Waals surface area contributed by atoms with Crippen molar-refractivity contribution in [2.45, 2.75) is 65.3 Å². The van der Waals surface area contributed by atoms with Gasteiger partial charge in [-0.05, 0) is 103 Å². The van der Waals surface area contributed by atoms with Crippen LogP contribution >= 0.6 is 0 Å². The molecular weight excluding hydrogens is 537 g/mol. The highest BCUT2D eigenvalue weighted by Crippen LogP contribution is 2.84. The molecule has 0 aliphatic heterocycles. The van der Waals surface area contributed by atoms with E-state index in [1.54, 1.807) is 17.0 Å². The molecule has 5 rings (SSSR count). The molecule has 0 aromatic heterocycles. The molecule has 3 unspecified atom stereocenters. The zero-order chi connectivity index (χ0) is 29.4. The fourth-order valence-corrected chi connectivity index (χ4v) is 7.47. The van der Waals surface area contributed by atoms with Gasteiger partial charge < -0.3 is 24.8 Å². The van der Waals surface area contributed by atoms with E-state index in [9.17, 15) is 22.8 Å². The van der Waals surface area contributed by atoms with Crippen LogP contribution < -0.4 is 14.8 Å². The number of urea groups is 1. The molecule has 0 saturated heterocycles. The smallest absolute Gasteiger partial charge is 0.494 e. The molecule has 1 spiro atoms. The summed E-state index contributed by atoms with van der Waals surface area (Å²) in [6.45, 7) is 5.99. The van der Waals surface area contributed by atoms with Gasteiger partial charge in [-0.2, -0.15) is 0 Å². The number of anilines is 1. The van der Waals surface area contributed by atoms with E-state index in [-0.39, 0.29) is 18.2 Å². The number of carbonyl (C=O) groups excluding carboxylic acids is 1. The van der Waals surface area contributed by atoms with Crippen molar-refractivity contribution in [1.82, 2.24) is 4.90 Å². The molecule has 3 aliphatic rings. The van der Waals surface area contributed by atoms with Gasteiger partial charge in [0.25, 0.3) is 0 Å². The van der Waals surface area contributed by atoms with Gasteiger partial charge in [-0.1, -0.05) is 26.0 Å². The predicted octanol–water partition coefficient (Wildman–Crippen LogP) is 7.33. The second-order valence-electron chi connectivity index (χ2n) is 12.4. The van der Waals surface area contributed by atoms with Gasteiger partial charge in [0, 0.05) is 25.2 Å². The van der Waals surface area contributed by atoms with Gasteiger partial charge in [-0.15, -0.1) is 13.2 Å². The molecule has 2 amide bonds. The van der Waals surface area contributed by atoms with Crippen LogP contribution in [0.5, 0.6) is 11.5 Å². The molecule has 0 bridgehead atoms. The van der Waals surface area contributed by atoms with Crippen molar-refractivity contribution in [2.24, 2.45) is 28.6 Å². The molecule has 10 heteroatoms. The molecule has 222 valence electrons. The summed E-state index contributed by atoms with van der Waals surface area (Å²) < 4.78 is 47.1. The van der Waals surface area contributed by atoms with Crippen molar-refractivity contribution in [2.75, 3.05) is 18.5 Å². The number of aliphatic carboxylic acids is 1. The predicted molar refractivity (Wildman–Crippen MR) is 147 cm³/mol. The van der Waals surface area contributed by atoms with Crippen LogP contribution in [0.1, 0.15) is 57.9 Å². The van der Waals surface area contributed by atoms with Crippen molar-refractivity contribution >= 4 is 17.7 Å². The molecule has 3 fully saturated rings. The Morgan fingerprint density at radius 3 is 2.37 bits per heavy atom. The molecule has 4 atom stereocenters. The Morgan fingerprint density at radius 2 is 1.73 bits per heavy atom. The minimum atomic E-state index is -4.78. The topological polar surface area (TPSA) is 88.1 Å². The monoisotopic (exact) mass is 574 g/mol. The van der Waals surface area contributed by atoms with Crippen molar-refractivity contribution in [3.05, 3.63) is 54.1 Å². The lowest BCUT2D eigenvalue weighted by Gasteiger charge is -2.56. The minimum absolute atomic E-state index is 0.0429. The van der Waals surface area contributed by atoms with Crippen LogP contribution in [-0.2, 0) is 11.3 Å². The highest BCUT2D eigenvalue weighted by Gasteiger charge is 2.77.